The SMILES string of the molecule is CCN(CC)CCCCNC(=NC)NCc1nnc2ccccn12. The average molecular weight is 331 g/mol. The molecule has 0 aromatic carbocycles. The predicted molar refractivity (Wildman–Crippen MR) is 98.2 cm³/mol. The minimum absolute atomic E-state index is 0.588. The molecule has 2 aromatic rings. The van der Waals surface area contributed by atoms with E-state index in [2.05, 4.69) is 44.6 Å². The molecule has 0 fully saturated rings. The van der Waals surface area contributed by atoms with Gasteiger partial charge in [-0.05, 0) is 44.6 Å². The largest absolute Gasteiger partial charge is 0.356 e. The molecule has 2 heterocycles. The van der Waals surface area contributed by atoms with Crippen LogP contribution in [-0.2, 0) is 6.54 Å². The molecule has 0 aliphatic heterocycles. The molecule has 0 saturated heterocycles. The number of unbranched alkanes of at least 4 members (excludes halogenated alkanes) is 1. The third-order valence-electron chi connectivity index (χ3n) is 4.11. The highest BCUT2D eigenvalue weighted by Gasteiger charge is 2.05. The van der Waals surface area contributed by atoms with E-state index < -0.39 is 0 Å². The molecule has 0 saturated carbocycles. The van der Waals surface area contributed by atoms with Crippen molar-refractivity contribution in [1.82, 2.24) is 30.1 Å². The number of fused-ring (bicyclic) bond motifs is 1. The van der Waals surface area contributed by atoms with Crippen LogP contribution in [-0.4, -0.2) is 58.7 Å². The monoisotopic (exact) mass is 331 g/mol. The highest BCUT2D eigenvalue weighted by Crippen LogP contribution is 2.02. The molecule has 2 rings (SSSR count). The Morgan fingerprint density at radius 1 is 1.17 bits per heavy atom. The fraction of sp³-hybridized carbons (Fsp3) is 0.588. The average Bonchev–Trinajstić information content (AvgIpc) is 3.04. The van der Waals surface area contributed by atoms with E-state index in [4.69, 9.17) is 0 Å². The number of aliphatic imine (C=N–C) groups is 1. The lowest BCUT2D eigenvalue weighted by molar-refractivity contribution is 0.297. The van der Waals surface area contributed by atoms with Crippen molar-refractivity contribution in [3.05, 3.63) is 30.2 Å². The van der Waals surface area contributed by atoms with Gasteiger partial charge in [-0.2, -0.15) is 0 Å². The van der Waals surface area contributed by atoms with Crippen LogP contribution in [0.2, 0.25) is 0 Å². The Morgan fingerprint density at radius 2 is 2.00 bits per heavy atom. The molecular weight excluding hydrogens is 302 g/mol. The summed E-state index contributed by atoms with van der Waals surface area (Å²) in [6.45, 7) is 9.33. The van der Waals surface area contributed by atoms with Crippen LogP contribution in [0.5, 0.6) is 0 Å². The van der Waals surface area contributed by atoms with Gasteiger partial charge in [-0.3, -0.25) is 9.39 Å². The van der Waals surface area contributed by atoms with Crippen molar-refractivity contribution in [2.45, 2.75) is 33.2 Å². The Hall–Kier alpha value is -2.15. The zero-order valence-corrected chi connectivity index (χ0v) is 15.0. The summed E-state index contributed by atoms with van der Waals surface area (Å²) in [6.07, 6.45) is 4.29. The van der Waals surface area contributed by atoms with Gasteiger partial charge in [-0.25, -0.2) is 0 Å². The van der Waals surface area contributed by atoms with E-state index in [1.165, 1.54) is 6.42 Å². The van der Waals surface area contributed by atoms with Crippen molar-refractivity contribution in [2.75, 3.05) is 33.2 Å². The molecule has 7 nitrogen and oxygen atoms in total. The molecule has 2 aromatic heterocycles. The van der Waals surface area contributed by atoms with Crippen molar-refractivity contribution in [3.63, 3.8) is 0 Å². The lowest BCUT2D eigenvalue weighted by Gasteiger charge is -2.17. The van der Waals surface area contributed by atoms with Gasteiger partial charge < -0.3 is 15.5 Å². The molecule has 0 aliphatic carbocycles. The maximum absolute atomic E-state index is 4.26. The number of hydrogen-bond acceptors (Lipinski definition) is 4. The van der Waals surface area contributed by atoms with E-state index in [-0.39, 0.29) is 0 Å². The molecule has 0 unspecified atom stereocenters. The summed E-state index contributed by atoms with van der Waals surface area (Å²) in [5, 5.41) is 15.0. The fourth-order valence-electron chi connectivity index (χ4n) is 2.60. The first-order valence-electron chi connectivity index (χ1n) is 8.74. The number of nitrogens with zero attached hydrogens (tertiary/aromatic N) is 5. The van der Waals surface area contributed by atoms with Gasteiger partial charge in [0.15, 0.2) is 17.4 Å². The Balaban J connectivity index is 1.71. The standard InChI is InChI=1S/C17H29N7/c1-4-23(5-2)12-9-7-11-19-17(18-3)20-14-16-22-21-15-10-6-8-13-24(15)16/h6,8,10,13H,4-5,7,9,11-12,14H2,1-3H3,(H2,18,19,20). The number of guanidine groups is 1. The molecule has 0 aliphatic rings. The van der Waals surface area contributed by atoms with Gasteiger partial charge in [0.1, 0.15) is 0 Å². The Labute approximate surface area is 144 Å². The van der Waals surface area contributed by atoms with Crippen LogP contribution in [0.1, 0.15) is 32.5 Å². The van der Waals surface area contributed by atoms with Gasteiger partial charge in [0, 0.05) is 19.8 Å². The number of aromatic nitrogens is 3. The summed E-state index contributed by atoms with van der Waals surface area (Å²) < 4.78 is 1.98. The van der Waals surface area contributed by atoms with Crippen LogP contribution in [0.25, 0.3) is 5.65 Å². The molecule has 2 N–H and O–H groups in total. The number of hydrogen-bond donors (Lipinski definition) is 2. The minimum Gasteiger partial charge on any atom is -0.356 e. The van der Waals surface area contributed by atoms with Gasteiger partial charge in [0.05, 0.1) is 6.54 Å². The smallest absolute Gasteiger partial charge is 0.191 e. The van der Waals surface area contributed by atoms with Crippen LogP contribution < -0.4 is 10.6 Å². The third kappa shape index (κ3) is 5.19. The quantitative estimate of drug-likeness (QED) is 0.414. The minimum atomic E-state index is 0.588. The second-order valence-electron chi connectivity index (χ2n) is 5.63. The van der Waals surface area contributed by atoms with Gasteiger partial charge in [-0.1, -0.05) is 19.9 Å². The lowest BCUT2D eigenvalue weighted by atomic mass is 10.3. The molecule has 7 heteroatoms. The highest BCUT2D eigenvalue weighted by molar-refractivity contribution is 5.79. The normalized spacial score (nSPS) is 12.1. The topological polar surface area (TPSA) is 69.8 Å². The summed E-state index contributed by atoms with van der Waals surface area (Å²) in [4.78, 5) is 6.71. The zero-order chi connectivity index (χ0) is 17.2. The van der Waals surface area contributed by atoms with Crippen LogP contribution in [0, 0.1) is 0 Å². The lowest BCUT2D eigenvalue weighted by Crippen LogP contribution is -2.38. The van der Waals surface area contributed by atoms with Crippen LogP contribution in [0.15, 0.2) is 29.4 Å². The number of nitrogens with one attached hydrogen (secondary N) is 2. The van der Waals surface area contributed by atoms with Gasteiger partial charge in [0.2, 0.25) is 0 Å². The first-order valence-corrected chi connectivity index (χ1v) is 8.74. The summed E-state index contributed by atoms with van der Waals surface area (Å²) in [6, 6.07) is 5.88. The van der Waals surface area contributed by atoms with E-state index in [0.717, 1.165) is 50.0 Å². The molecular formula is C17H29N7. The highest BCUT2D eigenvalue weighted by atomic mass is 15.3. The van der Waals surface area contributed by atoms with E-state index in [9.17, 15) is 0 Å². The molecule has 24 heavy (non-hydrogen) atoms. The first-order chi connectivity index (χ1) is 11.8. The van der Waals surface area contributed by atoms with Gasteiger partial charge in [-0.15, -0.1) is 10.2 Å². The van der Waals surface area contributed by atoms with E-state index in [0.29, 0.717) is 6.54 Å². The van der Waals surface area contributed by atoms with Gasteiger partial charge >= 0.3 is 0 Å². The predicted octanol–water partition coefficient (Wildman–Crippen LogP) is 1.52. The second-order valence-corrected chi connectivity index (χ2v) is 5.63. The van der Waals surface area contributed by atoms with Gasteiger partial charge in [0.25, 0.3) is 0 Å². The summed E-state index contributed by atoms with van der Waals surface area (Å²) in [5.74, 6) is 1.67. The fourth-order valence-corrected chi connectivity index (χ4v) is 2.60. The van der Waals surface area contributed by atoms with Crippen LogP contribution in [0.3, 0.4) is 0 Å². The van der Waals surface area contributed by atoms with Crippen LogP contribution in [0.4, 0.5) is 0 Å². The molecule has 132 valence electrons. The Kier molecular flexibility index (Phi) is 7.48. The molecule has 0 atom stereocenters. The summed E-state index contributed by atoms with van der Waals surface area (Å²) in [5.41, 5.74) is 0.855. The molecule has 0 amide bonds. The first kappa shape index (κ1) is 18.2. The Morgan fingerprint density at radius 3 is 2.75 bits per heavy atom. The van der Waals surface area contributed by atoms with Crippen molar-refractivity contribution >= 4 is 11.6 Å². The van der Waals surface area contributed by atoms with E-state index in [1.807, 2.05) is 28.8 Å². The summed E-state index contributed by atoms with van der Waals surface area (Å²) >= 11 is 0. The maximum atomic E-state index is 4.26. The number of pyridine rings is 1. The maximum Gasteiger partial charge on any atom is 0.191 e. The Bertz CT molecular complexity index is 631. The van der Waals surface area contributed by atoms with Crippen molar-refractivity contribution in [3.8, 4) is 0 Å². The molecule has 0 radical (unpaired) electrons. The molecule has 0 spiro atoms. The van der Waals surface area contributed by atoms with Crippen molar-refractivity contribution in [1.29, 1.82) is 0 Å². The van der Waals surface area contributed by atoms with E-state index >= 15 is 0 Å². The second kappa shape index (κ2) is 9.87. The van der Waals surface area contributed by atoms with Crippen LogP contribution >= 0.6 is 0 Å². The molecule has 0 bridgehead atoms. The summed E-state index contributed by atoms with van der Waals surface area (Å²) in [7, 11) is 1.78. The number of rotatable bonds is 9. The van der Waals surface area contributed by atoms with Crippen molar-refractivity contribution in [2.24, 2.45) is 4.99 Å². The van der Waals surface area contributed by atoms with Crippen molar-refractivity contribution < 1.29 is 0 Å². The van der Waals surface area contributed by atoms with E-state index in [1.54, 1.807) is 7.05 Å². The third-order valence-corrected chi connectivity index (χ3v) is 4.11. The zero-order valence-electron chi connectivity index (χ0n) is 15.0.